The third-order valence-corrected chi connectivity index (χ3v) is 3.78. The van der Waals surface area contributed by atoms with Crippen molar-refractivity contribution in [3.63, 3.8) is 0 Å². The fraction of sp³-hybridized carbons (Fsp3) is 0.312. The van der Waals surface area contributed by atoms with Gasteiger partial charge >= 0.3 is 0 Å². The molecule has 5 heteroatoms. The van der Waals surface area contributed by atoms with Crippen LogP contribution in [-0.4, -0.2) is 19.7 Å². The molecular weight excluding hydrogens is 284 g/mol. The first-order valence-corrected chi connectivity index (χ1v) is 7.23. The maximum Gasteiger partial charge on any atom is 0.162 e. The van der Waals surface area contributed by atoms with Crippen LogP contribution in [0.2, 0.25) is 5.15 Å². The normalized spacial score (nSPS) is 12.0. The molecular formula is C16H17ClN4. The third kappa shape index (κ3) is 2.40. The molecule has 0 aliphatic heterocycles. The van der Waals surface area contributed by atoms with Crippen LogP contribution in [0.15, 0.2) is 30.5 Å². The van der Waals surface area contributed by atoms with Crippen molar-refractivity contribution in [1.29, 1.82) is 0 Å². The van der Waals surface area contributed by atoms with Crippen LogP contribution >= 0.6 is 11.6 Å². The zero-order valence-corrected chi connectivity index (χ0v) is 13.3. The molecule has 1 aromatic carbocycles. The van der Waals surface area contributed by atoms with Gasteiger partial charge in [-0.1, -0.05) is 50.6 Å². The zero-order valence-electron chi connectivity index (χ0n) is 12.6. The van der Waals surface area contributed by atoms with Crippen molar-refractivity contribution in [2.45, 2.75) is 33.1 Å². The first kappa shape index (κ1) is 14.0. The molecule has 0 amide bonds. The van der Waals surface area contributed by atoms with Crippen LogP contribution in [0, 0.1) is 6.92 Å². The first-order chi connectivity index (χ1) is 9.88. The quantitative estimate of drug-likeness (QED) is 0.636. The summed E-state index contributed by atoms with van der Waals surface area (Å²) in [6, 6.07) is 8.04. The van der Waals surface area contributed by atoms with E-state index in [4.69, 9.17) is 16.6 Å². The summed E-state index contributed by atoms with van der Waals surface area (Å²) in [6.07, 6.45) is 1.83. The molecule has 0 atom stereocenters. The second kappa shape index (κ2) is 4.81. The number of nitrogens with zero attached hydrogens (tertiary/aromatic N) is 4. The van der Waals surface area contributed by atoms with Crippen molar-refractivity contribution in [2.75, 3.05) is 0 Å². The molecule has 0 aliphatic carbocycles. The maximum absolute atomic E-state index is 6.30. The second-order valence-corrected chi connectivity index (χ2v) is 6.51. The average Bonchev–Trinajstić information content (AvgIpc) is 2.84. The standard InChI is InChI=1S/C16H17ClN4/c1-10-13(17)19-15(16(2,3)4)20-14(10)21-12-8-6-5-7-11(12)9-18-21/h5-9H,1-4H3. The predicted octanol–water partition coefficient (Wildman–Crippen LogP) is 4.07. The van der Waals surface area contributed by atoms with E-state index in [1.165, 1.54) is 0 Å². The van der Waals surface area contributed by atoms with Crippen LogP contribution in [0.1, 0.15) is 32.2 Å². The van der Waals surface area contributed by atoms with Crippen molar-refractivity contribution in [3.8, 4) is 5.82 Å². The lowest BCUT2D eigenvalue weighted by Crippen LogP contribution is -2.19. The lowest BCUT2D eigenvalue weighted by Gasteiger charge is -2.19. The van der Waals surface area contributed by atoms with Gasteiger partial charge in [0, 0.05) is 16.4 Å². The fourth-order valence-electron chi connectivity index (χ4n) is 2.16. The number of aromatic nitrogens is 4. The van der Waals surface area contributed by atoms with Gasteiger partial charge in [0.15, 0.2) is 5.82 Å². The Kier molecular flexibility index (Phi) is 3.21. The van der Waals surface area contributed by atoms with Crippen molar-refractivity contribution < 1.29 is 0 Å². The third-order valence-electron chi connectivity index (χ3n) is 3.41. The lowest BCUT2D eigenvalue weighted by molar-refractivity contribution is 0.541. The summed E-state index contributed by atoms with van der Waals surface area (Å²) in [6.45, 7) is 8.12. The molecule has 2 aromatic heterocycles. The summed E-state index contributed by atoms with van der Waals surface area (Å²) in [5, 5.41) is 6.01. The Hall–Kier alpha value is -1.94. The number of rotatable bonds is 1. The molecule has 0 fully saturated rings. The van der Waals surface area contributed by atoms with Gasteiger partial charge in [-0.2, -0.15) is 5.10 Å². The molecule has 0 N–H and O–H groups in total. The fourth-order valence-corrected chi connectivity index (χ4v) is 2.32. The molecule has 3 rings (SSSR count). The molecule has 0 saturated carbocycles. The smallest absolute Gasteiger partial charge is 0.162 e. The van der Waals surface area contributed by atoms with Crippen LogP contribution in [0.25, 0.3) is 16.7 Å². The summed E-state index contributed by atoms with van der Waals surface area (Å²) < 4.78 is 1.83. The summed E-state index contributed by atoms with van der Waals surface area (Å²) in [4.78, 5) is 9.11. The van der Waals surface area contributed by atoms with Gasteiger partial charge in [0.1, 0.15) is 11.0 Å². The van der Waals surface area contributed by atoms with E-state index in [-0.39, 0.29) is 5.41 Å². The minimum absolute atomic E-state index is 0.172. The topological polar surface area (TPSA) is 43.6 Å². The molecule has 0 spiro atoms. The Balaban J connectivity index is 2.29. The lowest BCUT2D eigenvalue weighted by atomic mass is 9.95. The van der Waals surface area contributed by atoms with Gasteiger partial charge < -0.3 is 0 Å². The van der Waals surface area contributed by atoms with E-state index < -0.39 is 0 Å². The number of hydrogen-bond acceptors (Lipinski definition) is 3. The molecule has 0 unspecified atom stereocenters. The van der Waals surface area contributed by atoms with E-state index in [0.717, 1.165) is 22.3 Å². The number of fused-ring (bicyclic) bond motifs is 1. The van der Waals surface area contributed by atoms with Gasteiger partial charge in [0.2, 0.25) is 0 Å². The van der Waals surface area contributed by atoms with E-state index in [1.54, 1.807) is 0 Å². The molecule has 0 radical (unpaired) electrons. The monoisotopic (exact) mass is 300 g/mol. The van der Waals surface area contributed by atoms with Crippen LogP contribution in [0.4, 0.5) is 0 Å². The van der Waals surface area contributed by atoms with Gasteiger partial charge in [-0.05, 0) is 13.0 Å². The number of halogens is 1. The molecule has 0 bridgehead atoms. The highest BCUT2D eigenvalue weighted by Crippen LogP contribution is 2.27. The Labute approximate surface area is 128 Å². The molecule has 21 heavy (non-hydrogen) atoms. The van der Waals surface area contributed by atoms with E-state index >= 15 is 0 Å². The highest BCUT2D eigenvalue weighted by atomic mass is 35.5. The van der Waals surface area contributed by atoms with Crippen molar-refractivity contribution >= 4 is 22.5 Å². The van der Waals surface area contributed by atoms with E-state index in [9.17, 15) is 0 Å². The van der Waals surface area contributed by atoms with Gasteiger partial charge in [-0.15, -0.1) is 0 Å². The molecule has 4 nitrogen and oxygen atoms in total. The molecule has 0 aliphatic rings. The van der Waals surface area contributed by atoms with Crippen LogP contribution in [-0.2, 0) is 5.41 Å². The molecule has 3 aromatic rings. The first-order valence-electron chi connectivity index (χ1n) is 6.85. The van der Waals surface area contributed by atoms with E-state index in [1.807, 2.05) is 42.1 Å². The van der Waals surface area contributed by atoms with Gasteiger partial charge in [0.25, 0.3) is 0 Å². The zero-order chi connectivity index (χ0) is 15.2. The SMILES string of the molecule is Cc1c(Cl)nc(C(C)(C)C)nc1-n1ncc2ccccc21. The van der Waals surface area contributed by atoms with Gasteiger partial charge in [0.05, 0.1) is 11.7 Å². The molecule has 0 saturated heterocycles. The van der Waals surface area contributed by atoms with Crippen LogP contribution in [0.3, 0.4) is 0 Å². The van der Waals surface area contributed by atoms with Gasteiger partial charge in [-0.25, -0.2) is 14.6 Å². The maximum atomic E-state index is 6.30. The van der Waals surface area contributed by atoms with Crippen LogP contribution in [0.5, 0.6) is 0 Å². The number of para-hydroxylation sites is 1. The highest BCUT2D eigenvalue weighted by molar-refractivity contribution is 6.30. The minimum Gasteiger partial charge on any atom is -0.220 e. The molecule has 2 heterocycles. The van der Waals surface area contributed by atoms with Crippen molar-refractivity contribution in [3.05, 3.63) is 47.0 Å². The average molecular weight is 301 g/mol. The Bertz CT molecular complexity index is 815. The summed E-state index contributed by atoms with van der Waals surface area (Å²) in [5.41, 5.74) is 1.67. The van der Waals surface area contributed by atoms with E-state index in [2.05, 4.69) is 30.9 Å². The van der Waals surface area contributed by atoms with Crippen molar-refractivity contribution in [1.82, 2.24) is 19.7 Å². The van der Waals surface area contributed by atoms with Crippen molar-refractivity contribution in [2.24, 2.45) is 0 Å². The van der Waals surface area contributed by atoms with Gasteiger partial charge in [-0.3, -0.25) is 0 Å². The highest BCUT2D eigenvalue weighted by Gasteiger charge is 2.22. The second-order valence-electron chi connectivity index (χ2n) is 6.15. The predicted molar refractivity (Wildman–Crippen MR) is 85.1 cm³/mol. The minimum atomic E-state index is -0.172. The summed E-state index contributed by atoms with van der Waals surface area (Å²) in [5.74, 6) is 1.45. The Morgan fingerprint density at radius 1 is 1.10 bits per heavy atom. The number of benzene rings is 1. The number of hydrogen-bond donors (Lipinski definition) is 0. The summed E-state index contributed by atoms with van der Waals surface area (Å²) in [7, 11) is 0. The largest absolute Gasteiger partial charge is 0.220 e. The Morgan fingerprint density at radius 3 is 2.52 bits per heavy atom. The van der Waals surface area contributed by atoms with E-state index in [0.29, 0.717) is 11.0 Å². The molecule has 108 valence electrons. The summed E-state index contributed by atoms with van der Waals surface area (Å²) >= 11 is 6.30. The Morgan fingerprint density at radius 2 is 1.81 bits per heavy atom. The van der Waals surface area contributed by atoms with Crippen LogP contribution < -0.4 is 0 Å².